The molecule has 7 rings (SSSR count). The minimum atomic E-state index is -3.27. The van der Waals surface area contributed by atoms with Crippen LogP contribution in [0.2, 0.25) is 0 Å². The van der Waals surface area contributed by atoms with Crippen LogP contribution in [0.25, 0.3) is 0 Å². The van der Waals surface area contributed by atoms with Gasteiger partial charge in [0.2, 0.25) is 11.8 Å². The van der Waals surface area contributed by atoms with Crippen molar-refractivity contribution in [2.24, 2.45) is 0 Å². The van der Waals surface area contributed by atoms with Crippen molar-refractivity contribution in [2.45, 2.75) is 241 Å². The van der Waals surface area contributed by atoms with Crippen LogP contribution in [0.3, 0.4) is 0 Å². The number of rotatable bonds is 24. The highest BCUT2D eigenvalue weighted by molar-refractivity contribution is 5.76. The molecule has 36 atom stereocenters. The van der Waals surface area contributed by atoms with Crippen LogP contribution in [-0.2, 0) is 76.0 Å². The Kier molecular flexibility index (Phi) is 26.2. The van der Waals surface area contributed by atoms with Gasteiger partial charge in [-0.25, -0.2) is 4.79 Å². The zero-order valence-corrected chi connectivity index (χ0v) is 47.7. The SMILES string of the molecule is CC(=O)N[C@H]1[C@H](OC[C@H]2O[C@@H](O[C@H]3[C@H](O)[C@@H](O)C(O)O[C@@H]3CO)[C@H](O)[C@@H](O[C@@H]3O[C@H](CO)[C@H](O)[C@H](O[C@@H]4O[C@H](CO)[C@H](O)[C@H](O[C@]5(C(=O)O)C[C@H](O)[C@@H](NC(C)=O)[C@H]([C@H](O)[C@H](O)CO)O5)[C@H]4O)[C@H]3O)[C@H]2O)O[C@H](CO)[C@@H](O[C@@H]2O[C@H](CO)[C@H](O)[C@H](O)[C@H]2O)[C@@H]1O. The standard InChI is InChI=1S/C49H82N2O39/c1-11(58)50-21-13(60)3-49(48(76)77,89-38(21)23(62)14(61)4-52)90-41-26(65)17(7-55)82-47(35(41)74)87-39-25(64)16(6-54)81-45(33(39)72)88-40-27(66)20(84-46(34(40)73)86-37-18(8-56)79-42(75)31(70)30(37)69)10-78-43-22(51-12(2)59)28(67)36(19(9-57)83-43)85-44-32(71)29(68)24(63)15(5-53)80-44/h13-47,52-57,60-75H,3-10H2,1-2H3,(H,50,58)(H,51,59)(H,76,77)/t13-,14+,15+,16+,17+,18+,19+,20+,21+,22+,23+,24-,25-,26-,27-,28+,29-,30+,31+,32+,33+,34+,35+,36+,37+,38+,39-,40-,41-,42?,43+,44-,45-,46-,47-,49-/m0/s1. The van der Waals surface area contributed by atoms with Gasteiger partial charge in [0, 0.05) is 20.3 Å². The Morgan fingerprint density at radius 2 is 0.867 bits per heavy atom. The minimum Gasteiger partial charge on any atom is -0.477 e. The fourth-order valence-corrected chi connectivity index (χ4v) is 11.4. The first-order chi connectivity index (χ1) is 42.4. The van der Waals surface area contributed by atoms with Gasteiger partial charge in [0.05, 0.1) is 58.4 Å². The highest BCUT2D eigenvalue weighted by Gasteiger charge is 2.62. The number of hydrogen-bond donors (Lipinski definition) is 25. The molecule has 2 amide bonds. The van der Waals surface area contributed by atoms with Crippen molar-refractivity contribution in [3.63, 3.8) is 0 Å². The molecule has 0 aliphatic carbocycles. The third-order valence-electron chi connectivity index (χ3n) is 16.3. The van der Waals surface area contributed by atoms with Crippen LogP contribution in [0.4, 0.5) is 0 Å². The predicted octanol–water partition coefficient (Wildman–Crippen LogP) is -16.8. The number of hydrogen-bond acceptors (Lipinski definition) is 38. The molecule has 7 fully saturated rings. The molecule has 0 spiro atoms. The number of carboxylic acid groups (broad SMARTS) is 1. The lowest BCUT2D eigenvalue weighted by Gasteiger charge is -2.51. The molecule has 41 nitrogen and oxygen atoms in total. The van der Waals surface area contributed by atoms with Gasteiger partial charge in [0.15, 0.2) is 37.7 Å². The largest absolute Gasteiger partial charge is 0.477 e. The predicted molar refractivity (Wildman–Crippen MR) is 272 cm³/mol. The summed E-state index contributed by atoms with van der Waals surface area (Å²) in [4.78, 5) is 37.8. The Balaban J connectivity index is 1.15. The minimum absolute atomic E-state index is 0.856. The first-order valence-corrected chi connectivity index (χ1v) is 28.3. The van der Waals surface area contributed by atoms with E-state index in [1.807, 2.05) is 0 Å². The van der Waals surface area contributed by atoms with Crippen molar-refractivity contribution in [1.82, 2.24) is 10.6 Å². The van der Waals surface area contributed by atoms with Crippen molar-refractivity contribution in [1.29, 1.82) is 0 Å². The average molecular weight is 1320 g/mol. The Labute approximate surface area is 508 Å². The Bertz CT molecular complexity index is 2290. The zero-order valence-electron chi connectivity index (χ0n) is 47.7. The second-order valence-corrected chi connectivity index (χ2v) is 22.5. The number of carboxylic acids is 1. The topological polar surface area (TPSA) is 661 Å². The fraction of sp³-hybridized carbons (Fsp3) is 0.939. The van der Waals surface area contributed by atoms with E-state index in [2.05, 4.69) is 10.6 Å². The number of amides is 2. The van der Waals surface area contributed by atoms with Crippen LogP contribution in [0.5, 0.6) is 0 Å². The molecule has 0 aromatic carbocycles. The average Bonchev–Trinajstić information content (AvgIpc) is 0.795. The summed E-state index contributed by atoms with van der Waals surface area (Å²) in [5.74, 6) is -7.11. The van der Waals surface area contributed by atoms with Crippen molar-refractivity contribution in [3.8, 4) is 0 Å². The third-order valence-corrected chi connectivity index (χ3v) is 16.3. The van der Waals surface area contributed by atoms with E-state index < -0.39 is 291 Å². The van der Waals surface area contributed by atoms with Crippen LogP contribution in [0.15, 0.2) is 0 Å². The number of aliphatic hydroxyl groups is 22. The van der Waals surface area contributed by atoms with Gasteiger partial charge in [-0.2, -0.15) is 0 Å². The maximum absolute atomic E-state index is 13.1. The highest BCUT2D eigenvalue weighted by Crippen LogP contribution is 2.40. The molecule has 0 bridgehead atoms. The molecule has 41 heteroatoms. The third kappa shape index (κ3) is 15.8. The first kappa shape index (κ1) is 74.4. The maximum atomic E-state index is 13.1. The Morgan fingerprint density at radius 1 is 0.456 bits per heavy atom. The summed E-state index contributed by atoms with van der Waals surface area (Å²) >= 11 is 0. The summed E-state index contributed by atoms with van der Waals surface area (Å²) in [6, 6.07) is -3.46. The van der Waals surface area contributed by atoms with Crippen LogP contribution < -0.4 is 10.6 Å². The molecule has 25 N–H and O–H groups in total. The number of ether oxygens (including phenoxy) is 13. The molecule has 0 aromatic rings. The highest BCUT2D eigenvalue weighted by atomic mass is 16.8. The quantitative estimate of drug-likeness (QED) is 0.0427. The summed E-state index contributed by atoms with van der Waals surface area (Å²) in [5.41, 5.74) is 0. The van der Waals surface area contributed by atoms with Crippen LogP contribution in [0.1, 0.15) is 20.3 Å². The summed E-state index contributed by atoms with van der Waals surface area (Å²) < 4.78 is 73.9. The zero-order chi connectivity index (χ0) is 66.7. The van der Waals surface area contributed by atoms with Crippen LogP contribution >= 0.6 is 0 Å². The number of carbonyl (C=O) groups is 3. The molecule has 0 saturated carbocycles. The van der Waals surface area contributed by atoms with Gasteiger partial charge in [0.25, 0.3) is 5.79 Å². The van der Waals surface area contributed by atoms with E-state index in [9.17, 15) is 132 Å². The van der Waals surface area contributed by atoms with Gasteiger partial charge in [-0.15, -0.1) is 0 Å². The molecular formula is C49H82N2O39. The number of nitrogens with one attached hydrogen (secondary N) is 2. The molecule has 7 heterocycles. The molecule has 0 aromatic heterocycles. The van der Waals surface area contributed by atoms with E-state index in [1.54, 1.807) is 0 Å². The van der Waals surface area contributed by atoms with E-state index in [0.717, 1.165) is 13.8 Å². The van der Waals surface area contributed by atoms with Crippen molar-refractivity contribution in [3.05, 3.63) is 0 Å². The lowest BCUT2D eigenvalue weighted by molar-refractivity contribution is -0.398. The molecule has 7 aliphatic rings. The van der Waals surface area contributed by atoms with Crippen LogP contribution in [0, 0.1) is 0 Å². The van der Waals surface area contributed by atoms with Gasteiger partial charge in [-0.3, -0.25) is 9.59 Å². The molecule has 0 radical (unpaired) electrons. The van der Waals surface area contributed by atoms with Gasteiger partial charge in [-0.1, -0.05) is 0 Å². The van der Waals surface area contributed by atoms with Gasteiger partial charge in [-0.05, 0) is 0 Å². The van der Waals surface area contributed by atoms with Crippen LogP contribution in [-0.4, -0.2) is 402 Å². The monoisotopic (exact) mass is 1320 g/mol. The molecular weight excluding hydrogens is 1240 g/mol. The van der Waals surface area contributed by atoms with Crippen molar-refractivity contribution >= 4 is 17.8 Å². The Morgan fingerprint density at radius 3 is 1.36 bits per heavy atom. The van der Waals surface area contributed by atoms with Crippen molar-refractivity contribution in [2.75, 3.05) is 46.2 Å². The van der Waals surface area contributed by atoms with Gasteiger partial charge >= 0.3 is 5.97 Å². The summed E-state index contributed by atoms with van der Waals surface area (Å²) in [6.07, 6.45) is -70.6. The number of carbonyl (C=O) groups excluding carboxylic acids is 2. The smallest absolute Gasteiger partial charge is 0.364 e. The van der Waals surface area contributed by atoms with Crippen molar-refractivity contribution < 1.29 is 193 Å². The number of aliphatic hydroxyl groups excluding tert-OH is 22. The van der Waals surface area contributed by atoms with E-state index in [-0.39, 0.29) is 0 Å². The lowest BCUT2D eigenvalue weighted by Crippen LogP contribution is -2.71. The van der Waals surface area contributed by atoms with E-state index in [4.69, 9.17) is 61.6 Å². The summed E-state index contributed by atoms with van der Waals surface area (Å²) in [6.45, 7) is -5.61. The lowest BCUT2D eigenvalue weighted by atomic mass is 9.88. The second-order valence-electron chi connectivity index (χ2n) is 22.5. The van der Waals surface area contributed by atoms with E-state index in [0.29, 0.717) is 0 Å². The number of aliphatic carboxylic acids is 1. The maximum Gasteiger partial charge on any atom is 0.364 e. The summed E-state index contributed by atoms with van der Waals surface area (Å²) in [7, 11) is 0. The Hall–Kier alpha value is -2.99. The van der Waals surface area contributed by atoms with E-state index >= 15 is 0 Å². The molecule has 522 valence electrons. The normalized spacial score (nSPS) is 48.5. The molecule has 7 saturated heterocycles. The second kappa shape index (κ2) is 31.7. The molecule has 1 unspecified atom stereocenters. The fourth-order valence-electron chi connectivity index (χ4n) is 11.4. The van der Waals surface area contributed by atoms with E-state index in [1.165, 1.54) is 0 Å². The summed E-state index contributed by atoms with van der Waals surface area (Å²) in [5, 5.41) is 253. The molecule has 7 aliphatic heterocycles. The van der Waals surface area contributed by atoms with Gasteiger partial charge in [0.1, 0.15) is 165 Å². The molecule has 90 heavy (non-hydrogen) atoms. The first-order valence-electron chi connectivity index (χ1n) is 28.3. The van der Waals surface area contributed by atoms with Gasteiger partial charge < -0.3 is 190 Å².